The molecule has 3 aromatic rings. The van der Waals surface area contributed by atoms with Crippen LogP contribution in [0, 0.1) is 6.92 Å². The number of nitrogens with one attached hydrogen (secondary N) is 2. The Bertz CT molecular complexity index is 1120. The highest BCUT2D eigenvalue weighted by molar-refractivity contribution is 6.07. The Kier molecular flexibility index (Phi) is 5.33. The Morgan fingerprint density at radius 2 is 2.06 bits per heavy atom. The molecule has 4 rings (SSSR count). The molecule has 2 amide bonds. The zero-order valence-corrected chi connectivity index (χ0v) is 18.7. The lowest BCUT2D eigenvalue weighted by Crippen LogP contribution is -2.44. The van der Waals surface area contributed by atoms with Gasteiger partial charge in [-0.15, -0.1) is 0 Å². The van der Waals surface area contributed by atoms with Crippen LogP contribution in [0.15, 0.2) is 28.9 Å². The lowest BCUT2D eigenvalue weighted by Gasteiger charge is -2.20. The Balaban J connectivity index is 1.61. The average Bonchev–Trinajstić information content (AvgIpc) is 3.32. The largest absolute Gasteiger partial charge is 0.467 e. The van der Waals surface area contributed by atoms with Crippen molar-refractivity contribution in [2.24, 2.45) is 0 Å². The summed E-state index contributed by atoms with van der Waals surface area (Å²) in [6.45, 7) is 10.0. The van der Waals surface area contributed by atoms with E-state index in [0.29, 0.717) is 17.2 Å². The highest BCUT2D eigenvalue weighted by Gasteiger charge is 2.31. The predicted octanol–water partition coefficient (Wildman–Crippen LogP) is 3.40. The van der Waals surface area contributed by atoms with Crippen LogP contribution < -0.4 is 10.6 Å². The summed E-state index contributed by atoms with van der Waals surface area (Å²) in [5, 5.41) is 11.0. The van der Waals surface area contributed by atoms with E-state index in [-0.39, 0.29) is 23.9 Å². The van der Waals surface area contributed by atoms with Gasteiger partial charge in [-0.3, -0.25) is 9.59 Å². The van der Waals surface area contributed by atoms with E-state index in [1.54, 1.807) is 25.3 Å². The number of hydrogen-bond donors (Lipinski definition) is 2. The lowest BCUT2D eigenvalue weighted by atomic mass is 10.1. The molecule has 1 atom stereocenters. The molecule has 164 valence electrons. The Labute approximate surface area is 181 Å². The summed E-state index contributed by atoms with van der Waals surface area (Å²) in [5.41, 5.74) is 2.63. The van der Waals surface area contributed by atoms with Crippen LogP contribution in [-0.2, 0) is 16.9 Å². The number of hydrogen-bond acceptors (Lipinski definition) is 5. The van der Waals surface area contributed by atoms with Gasteiger partial charge < -0.3 is 15.1 Å². The van der Waals surface area contributed by atoms with Gasteiger partial charge in [0.15, 0.2) is 5.65 Å². The molecule has 0 bridgehead atoms. The number of furan rings is 1. The topological polar surface area (TPSA) is 102 Å². The zero-order valence-electron chi connectivity index (χ0n) is 18.7. The van der Waals surface area contributed by atoms with Crippen LogP contribution in [0.4, 0.5) is 0 Å². The molecule has 8 nitrogen and oxygen atoms in total. The Morgan fingerprint density at radius 1 is 1.32 bits per heavy atom. The van der Waals surface area contributed by atoms with Crippen LogP contribution in [0.1, 0.15) is 74.0 Å². The van der Waals surface area contributed by atoms with Crippen LogP contribution >= 0.6 is 0 Å². The third kappa shape index (κ3) is 4.33. The van der Waals surface area contributed by atoms with Crippen molar-refractivity contribution < 1.29 is 14.0 Å². The first kappa shape index (κ1) is 21.1. The molecule has 31 heavy (non-hydrogen) atoms. The fraction of sp³-hybridized carbons (Fsp3) is 0.478. The second kappa shape index (κ2) is 7.83. The lowest BCUT2D eigenvalue weighted by molar-refractivity contribution is -0.122. The van der Waals surface area contributed by atoms with E-state index in [2.05, 4.69) is 36.5 Å². The number of carbonyl (C=O) groups excluding carboxylic acids is 2. The summed E-state index contributed by atoms with van der Waals surface area (Å²) in [4.78, 5) is 30.6. The number of amides is 2. The first-order chi connectivity index (χ1) is 14.6. The van der Waals surface area contributed by atoms with Crippen molar-refractivity contribution in [3.63, 3.8) is 0 Å². The van der Waals surface area contributed by atoms with Crippen LogP contribution in [-0.4, -0.2) is 32.6 Å². The van der Waals surface area contributed by atoms with Crippen molar-refractivity contribution in [2.75, 3.05) is 0 Å². The van der Waals surface area contributed by atoms with Gasteiger partial charge in [-0.05, 0) is 65.7 Å². The van der Waals surface area contributed by atoms with Crippen molar-refractivity contribution in [1.82, 2.24) is 25.4 Å². The summed E-state index contributed by atoms with van der Waals surface area (Å²) in [6.07, 6.45) is 3.71. The Hall–Kier alpha value is -3.16. The first-order valence-corrected chi connectivity index (χ1v) is 10.7. The fourth-order valence-electron chi connectivity index (χ4n) is 3.62. The minimum Gasteiger partial charge on any atom is -0.467 e. The minimum absolute atomic E-state index is 0.269. The maximum Gasteiger partial charge on any atom is 0.252 e. The molecule has 3 aromatic heterocycles. The number of aromatic nitrogens is 3. The summed E-state index contributed by atoms with van der Waals surface area (Å²) in [7, 11) is 0. The molecule has 1 fully saturated rings. The van der Waals surface area contributed by atoms with Gasteiger partial charge in [0.25, 0.3) is 5.91 Å². The van der Waals surface area contributed by atoms with E-state index < -0.39 is 6.04 Å². The van der Waals surface area contributed by atoms with Gasteiger partial charge in [-0.25, -0.2) is 9.67 Å². The first-order valence-electron chi connectivity index (χ1n) is 10.7. The zero-order chi connectivity index (χ0) is 22.3. The molecular weight excluding hydrogens is 394 g/mol. The van der Waals surface area contributed by atoms with Gasteiger partial charge in [-0.2, -0.15) is 5.10 Å². The normalized spacial score (nSPS) is 15.1. The number of nitrogens with zero attached hydrogens (tertiary/aromatic N) is 3. The fourth-order valence-corrected chi connectivity index (χ4v) is 3.62. The molecule has 1 aliphatic carbocycles. The van der Waals surface area contributed by atoms with Crippen LogP contribution in [0.5, 0.6) is 0 Å². The molecule has 0 saturated heterocycles. The van der Waals surface area contributed by atoms with Gasteiger partial charge in [-0.1, -0.05) is 0 Å². The summed E-state index contributed by atoms with van der Waals surface area (Å²) in [6, 6.07) is 4.71. The van der Waals surface area contributed by atoms with Crippen molar-refractivity contribution in [2.45, 2.75) is 71.5 Å². The SMILES string of the molecule is Cc1nn(C(C)(C)C)c2nc(C3CC3)cc(C(=O)NC(C)C(=O)NCc3ccco3)c12. The molecule has 8 heteroatoms. The minimum atomic E-state index is -0.701. The van der Waals surface area contributed by atoms with E-state index >= 15 is 0 Å². The van der Waals surface area contributed by atoms with Crippen molar-refractivity contribution in [3.8, 4) is 0 Å². The number of carbonyl (C=O) groups is 2. The number of fused-ring (bicyclic) bond motifs is 1. The second-order valence-electron chi connectivity index (χ2n) is 9.23. The number of rotatable bonds is 6. The van der Waals surface area contributed by atoms with Gasteiger partial charge in [0.05, 0.1) is 35.0 Å². The van der Waals surface area contributed by atoms with E-state index in [1.165, 1.54) is 0 Å². The third-order valence-electron chi connectivity index (χ3n) is 5.47. The van der Waals surface area contributed by atoms with Gasteiger partial charge in [0, 0.05) is 11.6 Å². The smallest absolute Gasteiger partial charge is 0.252 e. The molecule has 1 unspecified atom stereocenters. The quantitative estimate of drug-likeness (QED) is 0.633. The van der Waals surface area contributed by atoms with E-state index in [4.69, 9.17) is 9.40 Å². The van der Waals surface area contributed by atoms with E-state index in [9.17, 15) is 9.59 Å². The predicted molar refractivity (Wildman–Crippen MR) is 117 cm³/mol. The Morgan fingerprint density at radius 3 is 2.68 bits per heavy atom. The van der Waals surface area contributed by atoms with E-state index in [0.717, 1.165) is 35.3 Å². The van der Waals surface area contributed by atoms with E-state index in [1.807, 2.05) is 17.7 Å². The summed E-state index contributed by atoms with van der Waals surface area (Å²) >= 11 is 0. The van der Waals surface area contributed by atoms with Gasteiger partial charge >= 0.3 is 0 Å². The monoisotopic (exact) mass is 423 g/mol. The molecular formula is C23H29N5O3. The summed E-state index contributed by atoms with van der Waals surface area (Å²) in [5.74, 6) is 0.460. The summed E-state index contributed by atoms with van der Waals surface area (Å²) < 4.78 is 7.12. The molecule has 0 spiro atoms. The number of aryl methyl sites for hydroxylation is 1. The van der Waals surface area contributed by atoms with Crippen molar-refractivity contribution in [1.29, 1.82) is 0 Å². The molecule has 2 N–H and O–H groups in total. The standard InChI is InChI=1S/C23H29N5O3/c1-13-19-17(22(30)25-14(2)21(29)24-12-16-7-6-10-31-16)11-18(15-8-9-15)26-20(19)28(27-13)23(3,4)5/h6-7,10-11,14-15H,8-9,12H2,1-5H3,(H,24,29)(H,25,30). The molecule has 1 aliphatic rings. The molecule has 0 aliphatic heterocycles. The second-order valence-corrected chi connectivity index (χ2v) is 9.23. The average molecular weight is 424 g/mol. The third-order valence-corrected chi connectivity index (χ3v) is 5.47. The number of pyridine rings is 1. The van der Waals surface area contributed by atoms with Gasteiger partial charge in [0.1, 0.15) is 11.8 Å². The van der Waals surface area contributed by atoms with Gasteiger partial charge in [0.2, 0.25) is 5.91 Å². The van der Waals surface area contributed by atoms with Crippen LogP contribution in [0.25, 0.3) is 11.0 Å². The molecule has 1 saturated carbocycles. The highest BCUT2D eigenvalue weighted by Crippen LogP contribution is 2.41. The molecule has 0 radical (unpaired) electrons. The molecule has 0 aromatic carbocycles. The highest BCUT2D eigenvalue weighted by atomic mass is 16.3. The maximum atomic E-state index is 13.2. The van der Waals surface area contributed by atoms with Crippen LogP contribution in [0.3, 0.4) is 0 Å². The maximum absolute atomic E-state index is 13.2. The van der Waals surface area contributed by atoms with Crippen molar-refractivity contribution >= 4 is 22.8 Å². The molecule has 3 heterocycles. The van der Waals surface area contributed by atoms with Crippen LogP contribution in [0.2, 0.25) is 0 Å². The van der Waals surface area contributed by atoms with Crippen molar-refractivity contribution in [3.05, 3.63) is 47.2 Å².